The maximum absolute atomic E-state index is 13.1. The van der Waals surface area contributed by atoms with Gasteiger partial charge in [-0.05, 0) is 39.2 Å². The number of rotatable bonds is 5. The number of nitrogens with zero attached hydrogens (tertiary/aromatic N) is 4. The topological polar surface area (TPSA) is 49.3 Å². The van der Waals surface area contributed by atoms with Gasteiger partial charge < -0.3 is 9.80 Å². The van der Waals surface area contributed by atoms with Gasteiger partial charge in [-0.1, -0.05) is 30.3 Å². The molecule has 0 aliphatic carbocycles. The van der Waals surface area contributed by atoms with Gasteiger partial charge in [0, 0.05) is 31.7 Å². The molecule has 0 bridgehead atoms. The average molecular weight is 338 g/mol. The Labute approximate surface area is 149 Å². The molecule has 0 saturated carbocycles. The van der Waals surface area contributed by atoms with E-state index in [9.17, 15) is 4.79 Å². The van der Waals surface area contributed by atoms with Crippen LogP contribution in [0, 0.1) is 6.92 Å². The molecular formula is C20H26N4O. The minimum Gasteiger partial charge on any atom is -0.356 e. The lowest BCUT2D eigenvalue weighted by atomic mass is 10.1. The monoisotopic (exact) mass is 338 g/mol. The van der Waals surface area contributed by atoms with Crippen molar-refractivity contribution in [1.82, 2.24) is 14.9 Å². The summed E-state index contributed by atoms with van der Waals surface area (Å²) in [5.74, 6) is 1.48. The Bertz CT molecular complexity index is 724. The number of hydrogen-bond acceptors (Lipinski definition) is 4. The lowest BCUT2D eigenvalue weighted by molar-refractivity contribution is 0.0684. The second-order valence-electron chi connectivity index (χ2n) is 6.87. The molecule has 0 unspecified atom stereocenters. The molecule has 0 atom stereocenters. The minimum absolute atomic E-state index is 0.0372. The van der Waals surface area contributed by atoms with Gasteiger partial charge in [0.1, 0.15) is 17.3 Å². The van der Waals surface area contributed by atoms with E-state index >= 15 is 0 Å². The summed E-state index contributed by atoms with van der Waals surface area (Å²) in [5, 5.41) is 0. The number of hydrogen-bond donors (Lipinski definition) is 0. The summed E-state index contributed by atoms with van der Waals surface area (Å²) in [6.45, 7) is 8.52. The number of aryl methyl sites for hydroxylation is 1. The van der Waals surface area contributed by atoms with Gasteiger partial charge in [0.05, 0.1) is 0 Å². The van der Waals surface area contributed by atoms with Crippen molar-refractivity contribution in [3.63, 3.8) is 0 Å². The molecule has 25 heavy (non-hydrogen) atoms. The normalized spacial score (nSPS) is 14.2. The summed E-state index contributed by atoms with van der Waals surface area (Å²) in [4.78, 5) is 26.2. The Morgan fingerprint density at radius 1 is 1.16 bits per heavy atom. The second-order valence-corrected chi connectivity index (χ2v) is 6.87. The Morgan fingerprint density at radius 3 is 2.48 bits per heavy atom. The first-order valence-electron chi connectivity index (χ1n) is 9.00. The summed E-state index contributed by atoms with van der Waals surface area (Å²) in [6, 6.07) is 12.0. The van der Waals surface area contributed by atoms with E-state index in [1.807, 2.05) is 62.1 Å². The predicted molar refractivity (Wildman–Crippen MR) is 99.7 cm³/mol. The van der Waals surface area contributed by atoms with Crippen molar-refractivity contribution in [1.29, 1.82) is 0 Å². The molecule has 1 amide bonds. The first-order chi connectivity index (χ1) is 12.0. The van der Waals surface area contributed by atoms with Crippen LogP contribution < -0.4 is 4.90 Å². The molecule has 0 radical (unpaired) electrons. The fourth-order valence-electron chi connectivity index (χ4n) is 3.19. The van der Waals surface area contributed by atoms with Crippen LogP contribution in [-0.4, -0.2) is 39.9 Å². The summed E-state index contributed by atoms with van der Waals surface area (Å²) < 4.78 is 0. The fraction of sp³-hybridized carbons (Fsp3) is 0.450. The van der Waals surface area contributed by atoms with Crippen LogP contribution in [0.4, 0.5) is 5.82 Å². The summed E-state index contributed by atoms with van der Waals surface area (Å²) in [7, 11) is 0. The quantitative estimate of drug-likeness (QED) is 0.838. The number of aromatic nitrogens is 2. The van der Waals surface area contributed by atoms with Gasteiger partial charge in [-0.15, -0.1) is 0 Å². The highest BCUT2D eigenvalue weighted by molar-refractivity contribution is 5.93. The summed E-state index contributed by atoms with van der Waals surface area (Å²) in [6.07, 6.45) is 2.36. The predicted octanol–water partition coefficient (Wildman–Crippen LogP) is 3.44. The molecule has 1 aromatic heterocycles. The second kappa shape index (κ2) is 7.64. The van der Waals surface area contributed by atoms with E-state index in [0.717, 1.165) is 24.5 Å². The van der Waals surface area contributed by atoms with Gasteiger partial charge in [-0.3, -0.25) is 4.79 Å². The molecular weight excluding hydrogens is 312 g/mol. The number of carbonyl (C=O) groups is 1. The third-order valence-electron chi connectivity index (χ3n) is 4.55. The van der Waals surface area contributed by atoms with Crippen LogP contribution in [0.5, 0.6) is 0 Å². The molecule has 132 valence electrons. The lowest BCUT2D eigenvalue weighted by Crippen LogP contribution is -2.37. The fourth-order valence-corrected chi connectivity index (χ4v) is 3.19. The van der Waals surface area contributed by atoms with Crippen molar-refractivity contribution in [3.05, 3.63) is 53.5 Å². The van der Waals surface area contributed by atoms with Crippen LogP contribution in [0.2, 0.25) is 0 Å². The van der Waals surface area contributed by atoms with E-state index in [1.165, 1.54) is 12.8 Å². The summed E-state index contributed by atoms with van der Waals surface area (Å²) >= 11 is 0. The zero-order chi connectivity index (χ0) is 17.8. The molecule has 1 fully saturated rings. The van der Waals surface area contributed by atoms with E-state index in [1.54, 1.807) is 0 Å². The van der Waals surface area contributed by atoms with E-state index in [-0.39, 0.29) is 11.9 Å². The molecule has 1 aliphatic rings. The minimum atomic E-state index is -0.0372. The number of anilines is 1. The van der Waals surface area contributed by atoms with Gasteiger partial charge in [-0.25, -0.2) is 9.97 Å². The van der Waals surface area contributed by atoms with Gasteiger partial charge >= 0.3 is 0 Å². The zero-order valence-corrected chi connectivity index (χ0v) is 15.3. The van der Waals surface area contributed by atoms with Crippen molar-refractivity contribution in [2.45, 2.75) is 46.2 Å². The maximum Gasteiger partial charge on any atom is 0.273 e. The highest BCUT2D eigenvalue weighted by Crippen LogP contribution is 2.20. The molecule has 2 heterocycles. The first kappa shape index (κ1) is 17.4. The Hall–Kier alpha value is -2.43. The maximum atomic E-state index is 13.1. The van der Waals surface area contributed by atoms with Crippen LogP contribution in [0.25, 0.3) is 0 Å². The third-order valence-corrected chi connectivity index (χ3v) is 4.55. The molecule has 0 N–H and O–H groups in total. The van der Waals surface area contributed by atoms with Crippen LogP contribution in [0.1, 0.15) is 48.6 Å². The highest BCUT2D eigenvalue weighted by atomic mass is 16.2. The molecule has 5 heteroatoms. The van der Waals surface area contributed by atoms with Crippen LogP contribution in [-0.2, 0) is 6.54 Å². The van der Waals surface area contributed by atoms with Crippen molar-refractivity contribution in [2.75, 3.05) is 18.0 Å². The lowest BCUT2D eigenvalue weighted by Gasteiger charge is -2.27. The van der Waals surface area contributed by atoms with Gasteiger partial charge in [0.25, 0.3) is 5.91 Å². The molecule has 1 aliphatic heterocycles. The SMILES string of the molecule is Cc1nc(C(=O)N(Cc2ccccc2)C(C)C)cc(N2CCCC2)n1. The number of carbonyl (C=O) groups excluding carboxylic acids is 1. The smallest absolute Gasteiger partial charge is 0.273 e. The highest BCUT2D eigenvalue weighted by Gasteiger charge is 2.23. The largest absolute Gasteiger partial charge is 0.356 e. The molecule has 2 aromatic rings. The standard InChI is InChI=1S/C20H26N4O/c1-15(2)24(14-17-9-5-4-6-10-17)20(25)18-13-19(22-16(3)21-18)23-11-7-8-12-23/h4-6,9-10,13,15H,7-8,11-12,14H2,1-3H3. The number of amides is 1. The Kier molecular flexibility index (Phi) is 5.31. The van der Waals surface area contributed by atoms with Gasteiger partial charge in [-0.2, -0.15) is 0 Å². The average Bonchev–Trinajstić information content (AvgIpc) is 3.14. The number of benzene rings is 1. The van der Waals surface area contributed by atoms with Crippen LogP contribution >= 0.6 is 0 Å². The van der Waals surface area contributed by atoms with Crippen LogP contribution in [0.3, 0.4) is 0 Å². The molecule has 5 nitrogen and oxygen atoms in total. The Morgan fingerprint density at radius 2 is 1.84 bits per heavy atom. The summed E-state index contributed by atoms with van der Waals surface area (Å²) in [5.41, 5.74) is 1.61. The molecule has 3 rings (SSSR count). The Balaban J connectivity index is 1.86. The van der Waals surface area contributed by atoms with Crippen molar-refractivity contribution in [3.8, 4) is 0 Å². The van der Waals surface area contributed by atoms with Gasteiger partial charge in [0.2, 0.25) is 0 Å². The molecule has 1 aromatic carbocycles. The van der Waals surface area contributed by atoms with E-state index < -0.39 is 0 Å². The molecule has 0 spiro atoms. The van der Waals surface area contributed by atoms with Crippen molar-refractivity contribution < 1.29 is 4.79 Å². The molecule has 1 saturated heterocycles. The van der Waals surface area contributed by atoms with Crippen LogP contribution in [0.15, 0.2) is 36.4 Å². The van der Waals surface area contributed by atoms with E-state index in [0.29, 0.717) is 18.1 Å². The van der Waals surface area contributed by atoms with Crippen molar-refractivity contribution >= 4 is 11.7 Å². The van der Waals surface area contributed by atoms with E-state index in [2.05, 4.69) is 14.9 Å². The van der Waals surface area contributed by atoms with E-state index in [4.69, 9.17) is 0 Å². The van der Waals surface area contributed by atoms with Crippen molar-refractivity contribution in [2.24, 2.45) is 0 Å². The zero-order valence-electron chi connectivity index (χ0n) is 15.3. The van der Waals surface area contributed by atoms with Gasteiger partial charge in [0.15, 0.2) is 0 Å². The third kappa shape index (κ3) is 4.16. The first-order valence-corrected chi connectivity index (χ1v) is 9.00.